The molecule has 0 saturated heterocycles. The zero-order valence-electron chi connectivity index (χ0n) is 12.6. The number of hydrogen-bond donors (Lipinski definition) is 2. The van der Waals surface area contributed by atoms with Crippen molar-refractivity contribution >= 4 is 28.1 Å². The van der Waals surface area contributed by atoms with Gasteiger partial charge in [-0.15, -0.1) is 0 Å². The molecular formula is C16H14N4O4. The number of rotatable bonds is 6. The number of anilines is 1. The molecule has 0 saturated carbocycles. The van der Waals surface area contributed by atoms with Crippen LogP contribution >= 0.6 is 0 Å². The van der Waals surface area contributed by atoms with Gasteiger partial charge in [0.2, 0.25) is 5.91 Å². The smallest absolute Gasteiger partial charge is 0.278 e. The molecule has 2 aromatic heterocycles. The number of fused-ring (bicyclic) bond motifs is 1. The van der Waals surface area contributed by atoms with Crippen molar-refractivity contribution in [3.05, 3.63) is 64.9 Å². The summed E-state index contributed by atoms with van der Waals surface area (Å²) in [5, 5.41) is 17.8. The highest BCUT2D eigenvalue weighted by molar-refractivity contribution is 5.99. The molecule has 0 spiro atoms. The van der Waals surface area contributed by atoms with Crippen LogP contribution in [-0.4, -0.2) is 22.4 Å². The molecule has 0 bridgehead atoms. The van der Waals surface area contributed by atoms with Gasteiger partial charge in [0.1, 0.15) is 5.76 Å². The number of benzene rings is 1. The number of aromatic nitrogens is 1. The fourth-order valence-electron chi connectivity index (χ4n) is 2.33. The van der Waals surface area contributed by atoms with E-state index in [1.807, 2.05) is 0 Å². The standard InChI is InChI=1S/C16H14N4O4/c21-16(19-8-11-2-1-7-24-11)10-18-14-3-4-15(20(22)23)13-9-17-6-5-12(13)14/h1-7,9,18H,8,10H2,(H,19,21). The molecule has 2 heterocycles. The lowest BCUT2D eigenvalue weighted by Crippen LogP contribution is -2.29. The Morgan fingerprint density at radius 2 is 2.12 bits per heavy atom. The first kappa shape index (κ1) is 15.5. The Morgan fingerprint density at radius 3 is 2.88 bits per heavy atom. The maximum atomic E-state index is 11.9. The number of nitrogens with zero attached hydrogens (tertiary/aromatic N) is 2. The van der Waals surface area contributed by atoms with Crippen molar-refractivity contribution in [2.24, 2.45) is 0 Å². The monoisotopic (exact) mass is 326 g/mol. The normalized spacial score (nSPS) is 10.5. The van der Waals surface area contributed by atoms with Crippen LogP contribution in [0, 0.1) is 10.1 Å². The molecule has 1 amide bonds. The molecule has 24 heavy (non-hydrogen) atoms. The third-order valence-electron chi connectivity index (χ3n) is 3.47. The Balaban J connectivity index is 1.70. The van der Waals surface area contributed by atoms with Gasteiger partial charge in [-0.2, -0.15) is 0 Å². The van der Waals surface area contributed by atoms with Gasteiger partial charge in [-0.3, -0.25) is 19.9 Å². The molecule has 2 N–H and O–H groups in total. The summed E-state index contributed by atoms with van der Waals surface area (Å²) < 4.78 is 5.13. The highest BCUT2D eigenvalue weighted by atomic mass is 16.6. The second-order valence-electron chi connectivity index (χ2n) is 5.02. The summed E-state index contributed by atoms with van der Waals surface area (Å²) in [6, 6.07) is 8.17. The fourth-order valence-corrected chi connectivity index (χ4v) is 2.33. The molecule has 3 aromatic rings. The van der Waals surface area contributed by atoms with Gasteiger partial charge in [-0.25, -0.2) is 0 Å². The lowest BCUT2D eigenvalue weighted by molar-refractivity contribution is -0.383. The van der Waals surface area contributed by atoms with Crippen LogP contribution in [0.5, 0.6) is 0 Å². The van der Waals surface area contributed by atoms with Crippen molar-refractivity contribution in [1.29, 1.82) is 0 Å². The predicted octanol–water partition coefficient (Wildman–Crippen LogP) is 2.46. The van der Waals surface area contributed by atoms with Gasteiger partial charge in [0.25, 0.3) is 5.69 Å². The lowest BCUT2D eigenvalue weighted by Gasteiger charge is -2.10. The van der Waals surface area contributed by atoms with Crippen LogP contribution in [0.4, 0.5) is 11.4 Å². The van der Waals surface area contributed by atoms with Gasteiger partial charge in [0.05, 0.1) is 29.7 Å². The summed E-state index contributed by atoms with van der Waals surface area (Å²) in [5.74, 6) is 0.446. The number of hydrogen-bond acceptors (Lipinski definition) is 6. The molecule has 0 atom stereocenters. The summed E-state index contributed by atoms with van der Waals surface area (Å²) in [7, 11) is 0. The van der Waals surface area contributed by atoms with E-state index in [0.29, 0.717) is 28.8 Å². The van der Waals surface area contributed by atoms with E-state index in [9.17, 15) is 14.9 Å². The summed E-state index contributed by atoms with van der Waals surface area (Å²) in [6.45, 7) is 0.342. The van der Waals surface area contributed by atoms with E-state index in [2.05, 4.69) is 15.6 Å². The number of non-ortho nitro benzene ring substituents is 1. The molecule has 8 heteroatoms. The van der Waals surface area contributed by atoms with Gasteiger partial charge in [-0.05, 0) is 24.3 Å². The molecular weight excluding hydrogens is 312 g/mol. The first-order chi connectivity index (χ1) is 11.6. The minimum Gasteiger partial charge on any atom is -0.467 e. The Hall–Kier alpha value is -3.42. The number of nitro groups is 1. The van der Waals surface area contributed by atoms with E-state index >= 15 is 0 Å². The fraction of sp³-hybridized carbons (Fsp3) is 0.125. The molecule has 0 aliphatic carbocycles. The second-order valence-corrected chi connectivity index (χ2v) is 5.02. The van der Waals surface area contributed by atoms with Gasteiger partial charge in [-0.1, -0.05) is 0 Å². The SMILES string of the molecule is O=C(CNc1ccc([N+](=O)[O-])c2cnccc12)NCc1ccco1. The Bertz CT molecular complexity index is 877. The van der Waals surface area contributed by atoms with Gasteiger partial charge < -0.3 is 15.1 Å². The van der Waals surface area contributed by atoms with E-state index in [4.69, 9.17) is 4.42 Å². The van der Waals surface area contributed by atoms with Crippen LogP contribution < -0.4 is 10.6 Å². The maximum Gasteiger partial charge on any atom is 0.278 e. The minimum absolute atomic E-state index is 0.0223. The number of nitro benzene ring substituents is 1. The van der Waals surface area contributed by atoms with Crippen molar-refractivity contribution in [2.75, 3.05) is 11.9 Å². The zero-order valence-corrected chi connectivity index (χ0v) is 12.6. The van der Waals surface area contributed by atoms with Crippen LogP contribution in [0.3, 0.4) is 0 Å². The number of furan rings is 1. The number of amides is 1. The average Bonchev–Trinajstić information content (AvgIpc) is 3.11. The van der Waals surface area contributed by atoms with Gasteiger partial charge in [0.15, 0.2) is 0 Å². The van der Waals surface area contributed by atoms with Crippen molar-refractivity contribution in [3.63, 3.8) is 0 Å². The molecule has 3 rings (SSSR count). The lowest BCUT2D eigenvalue weighted by atomic mass is 10.1. The van der Waals surface area contributed by atoms with Crippen molar-refractivity contribution < 1.29 is 14.1 Å². The van der Waals surface area contributed by atoms with Crippen LogP contribution in [-0.2, 0) is 11.3 Å². The molecule has 0 aliphatic rings. The Labute approximate surface area is 136 Å². The zero-order chi connectivity index (χ0) is 16.9. The van der Waals surface area contributed by atoms with Gasteiger partial charge >= 0.3 is 0 Å². The molecule has 0 radical (unpaired) electrons. The maximum absolute atomic E-state index is 11.9. The van der Waals surface area contributed by atoms with E-state index in [1.165, 1.54) is 18.5 Å². The highest BCUT2D eigenvalue weighted by Crippen LogP contribution is 2.30. The molecule has 0 unspecified atom stereocenters. The number of pyridine rings is 1. The summed E-state index contributed by atoms with van der Waals surface area (Å²) in [5.41, 5.74) is 0.608. The van der Waals surface area contributed by atoms with Crippen LogP contribution in [0.2, 0.25) is 0 Å². The van der Waals surface area contributed by atoms with E-state index in [-0.39, 0.29) is 18.1 Å². The van der Waals surface area contributed by atoms with Crippen molar-refractivity contribution in [2.45, 2.75) is 6.54 Å². The average molecular weight is 326 g/mol. The molecule has 122 valence electrons. The number of carbonyl (C=O) groups excluding carboxylic acids is 1. The predicted molar refractivity (Wildman–Crippen MR) is 87.4 cm³/mol. The summed E-state index contributed by atoms with van der Waals surface area (Å²) in [6.07, 6.45) is 4.53. The van der Waals surface area contributed by atoms with E-state index in [1.54, 1.807) is 30.5 Å². The molecule has 0 fully saturated rings. The molecule has 0 aliphatic heterocycles. The quantitative estimate of drug-likeness (QED) is 0.532. The second kappa shape index (κ2) is 6.78. The topological polar surface area (TPSA) is 110 Å². The molecule has 1 aromatic carbocycles. The Morgan fingerprint density at radius 1 is 1.25 bits per heavy atom. The Kier molecular flexibility index (Phi) is 4.37. The minimum atomic E-state index is -0.455. The first-order valence-electron chi connectivity index (χ1n) is 7.19. The van der Waals surface area contributed by atoms with Crippen molar-refractivity contribution in [3.8, 4) is 0 Å². The van der Waals surface area contributed by atoms with Crippen molar-refractivity contribution in [1.82, 2.24) is 10.3 Å². The van der Waals surface area contributed by atoms with Crippen LogP contribution in [0.25, 0.3) is 10.8 Å². The molecule has 8 nitrogen and oxygen atoms in total. The largest absolute Gasteiger partial charge is 0.467 e. The van der Waals surface area contributed by atoms with Crippen LogP contribution in [0.1, 0.15) is 5.76 Å². The third-order valence-corrected chi connectivity index (χ3v) is 3.47. The number of nitrogens with one attached hydrogen (secondary N) is 2. The third kappa shape index (κ3) is 3.32. The first-order valence-corrected chi connectivity index (χ1v) is 7.19. The van der Waals surface area contributed by atoms with E-state index < -0.39 is 4.92 Å². The highest BCUT2D eigenvalue weighted by Gasteiger charge is 2.14. The van der Waals surface area contributed by atoms with E-state index in [0.717, 1.165) is 0 Å². The summed E-state index contributed by atoms with van der Waals surface area (Å²) >= 11 is 0. The number of carbonyl (C=O) groups is 1. The summed E-state index contributed by atoms with van der Waals surface area (Å²) in [4.78, 5) is 26.4. The van der Waals surface area contributed by atoms with Gasteiger partial charge in [0, 0.05) is 29.5 Å². The van der Waals surface area contributed by atoms with Crippen LogP contribution in [0.15, 0.2) is 53.4 Å².